The van der Waals surface area contributed by atoms with Crippen LogP contribution in [0.1, 0.15) is 55.0 Å². The lowest BCUT2D eigenvalue weighted by Crippen LogP contribution is -2.61. The zero-order chi connectivity index (χ0) is 18.4. The zero-order valence-electron chi connectivity index (χ0n) is 16.3. The highest BCUT2D eigenvalue weighted by atomic mass is 16.3. The molecule has 0 amide bonds. The van der Waals surface area contributed by atoms with E-state index in [0.29, 0.717) is 0 Å². The quantitative estimate of drug-likeness (QED) is 0.885. The lowest BCUT2D eigenvalue weighted by Gasteiger charge is -2.61. The second kappa shape index (κ2) is 6.72. The van der Waals surface area contributed by atoms with Crippen LogP contribution in [-0.2, 0) is 25.1 Å². The van der Waals surface area contributed by atoms with Crippen LogP contribution < -0.4 is 0 Å². The number of piperidine rings is 1. The molecule has 27 heavy (non-hydrogen) atoms. The van der Waals surface area contributed by atoms with E-state index < -0.39 is 0 Å². The van der Waals surface area contributed by atoms with E-state index in [-0.39, 0.29) is 12.1 Å². The Kier molecular flexibility index (Phi) is 4.33. The van der Waals surface area contributed by atoms with Crippen molar-refractivity contribution in [3.8, 4) is 0 Å². The molecule has 2 aliphatic carbocycles. The molecule has 1 saturated carbocycles. The summed E-state index contributed by atoms with van der Waals surface area (Å²) in [6.07, 6.45) is 8.22. The monoisotopic (exact) mass is 362 g/mol. The molecule has 1 aliphatic heterocycles. The minimum atomic E-state index is 0.0820. The van der Waals surface area contributed by atoms with Crippen molar-refractivity contribution in [1.29, 1.82) is 0 Å². The van der Waals surface area contributed by atoms with Crippen molar-refractivity contribution >= 4 is 0 Å². The fraction of sp³-hybridized carbons (Fsp3) is 0.542. The van der Waals surface area contributed by atoms with Crippen LogP contribution in [0.2, 0.25) is 0 Å². The number of pyridine rings is 1. The number of benzene rings is 1. The molecule has 1 N–H and O–H groups in total. The zero-order valence-corrected chi connectivity index (χ0v) is 16.3. The second-order valence-electron chi connectivity index (χ2n) is 9.09. The molecule has 2 aromatic rings. The van der Waals surface area contributed by atoms with Crippen LogP contribution in [0.25, 0.3) is 0 Å². The van der Waals surface area contributed by atoms with Crippen LogP contribution in [0, 0.1) is 17.8 Å². The maximum absolute atomic E-state index is 9.76. The Balaban J connectivity index is 1.65. The van der Waals surface area contributed by atoms with E-state index in [1.165, 1.54) is 42.5 Å². The van der Waals surface area contributed by atoms with Crippen molar-refractivity contribution in [2.75, 3.05) is 6.54 Å². The number of likely N-dealkylation sites (tertiary alicyclic amines) is 1. The van der Waals surface area contributed by atoms with Gasteiger partial charge in [-0.25, -0.2) is 0 Å². The fourth-order valence-corrected chi connectivity index (χ4v) is 6.51. The smallest absolute Gasteiger partial charge is 0.0696 e. The Bertz CT molecular complexity index is 820. The minimum absolute atomic E-state index is 0.0820. The van der Waals surface area contributed by atoms with Gasteiger partial charge in [0.1, 0.15) is 0 Å². The molecule has 2 heterocycles. The molecule has 3 aliphatic rings. The molecule has 142 valence electrons. The summed E-state index contributed by atoms with van der Waals surface area (Å²) in [5.74, 6) is 2.23. The van der Waals surface area contributed by atoms with E-state index in [1.807, 2.05) is 6.20 Å². The third-order valence-corrected chi connectivity index (χ3v) is 7.40. The van der Waals surface area contributed by atoms with E-state index >= 15 is 0 Å². The van der Waals surface area contributed by atoms with Gasteiger partial charge in [-0.1, -0.05) is 37.3 Å². The largest absolute Gasteiger partial charge is 0.392 e. The van der Waals surface area contributed by atoms with Crippen LogP contribution in [0.15, 0.2) is 42.6 Å². The number of aromatic nitrogens is 1. The van der Waals surface area contributed by atoms with Gasteiger partial charge in [-0.15, -0.1) is 0 Å². The maximum Gasteiger partial charge on any atom is 0.0696 e. The molecule has 3 nitrogen and oxygen atoms in total. The summed E-state index contributed by atoms with van der Waals surface area (Å²) in [5.41, 5.74) is 5.18. The summed E-state index contributed by atoms with van der Waals surface area (Å²) in [6, 6.07) is 13.2. The number of aliphatic hydroxyl groups is 1. The summed E-state index contributed by atoms with van der Waals surface area (Å²) in [7, 11) is 0. The van der Waals surface area contributed by atoms with E-state index in [4.69, 9.17) is 4.98 Å². The van der Waals surface area contributed by atoms with Crippen molar-refractivity contribution in [2.45, 2.75) is 57.7 Å². The topological polar surface area (TPSA) is 36.4 Å². The minimum Gasteiger partial charge on any atom is -0.392 e. The van der Waals surface area contributed by atoms with Crippen molar-refractivity contribution in [3.05, 3.63) is 65.0 Å². The molecule has 0 radical (unpaired) electrons. The Morgan fingerprint density at radius 2 is 2.07 bits per heavy atom. The number of aliphatic hydroxyl groups excluding tert-OH is 1. The normalized spacial score (nSPS) is 32.6. The van der Waals surface area contributed by atoms with E-state index in [1.54, 1.807) is 0 Å². The Labute approximate surface area is 162 Å². The van der Waals surface area contributed by atoms with Crippen molar-refractivity contribution in [3.63, 3.8) is 0 Å². The molecule has 5 rings (SSSR count). The first kappa shape index (κ1) is 17.4. The molecule has 1 aromatic heterocycles. The Morgan fingerprint density at radius 1 is 1.22 bits per heavy atom. The first-order valence-electron chi connectivity index (χ1n) is 10.6. The Morgan fingerprint density at radius 3 is 2.89 bits per heavy atom. The van der Waals surface area contributed by atoms with E-state index in [0.717, 1.165) is 42.8 Å². The first-order valence-corrected chi connectivity index (χ1v) is 10.6. The molecule has 3 heteroatoms. The number of hydrogen-bond donors (Lipinski definition) is 1. The van der Waals surface area contributed by atoms with Gasteiger partial charge in [-0.2, -0.15) is 0 Å². The van der Waals surface area contributed by atoms with Gasteiger partial charge >= 0.3 is 0 Å². The lowest BCUT2D eigenvalue weighted by molar-refractivity contribution is -0.0968. The summed E-state index contributed by atoms with van der Waals surface area (Å²) in [4.78, 5) is 7.62. The van der Waals surface area contributed by atoms with Crippen molar-refractivity contribution in [2.24, 2.45) is 17.8 Å². The fourth-order valence-electron chi connectivity index (χ4n) is 6.51. The molecular formula is C24H30N2O. The molecule has 2 bridgehead atoms. The molecule has 1 aromatic carbocycles. The third-order valence-electron chi connectivity index (χ3n) is 7.40. The third kappa shape index (κ3) is 2.75. The van der Waals surface area contributed by atoms with Gasteiger partial charge < -0.3 is 5.11 Å². The summed E-state index contributed by atoms with van der Waals surface area (Å²) < 4.78 is 0. The van der Waals surface area contributed by atoms with Gasteiger partial charge in [0.25, 0.3) is 0 Å². The molecule has 2 fully saturated rings. The van der Waals surface area contributed by atoms with Crippen LogP contribution in [0.5, 0.6) is 0 Å². The van der Waals surface area contributed by atoms with Crippen molar-refractivity contribution in [1.82, 2.24) is 9.88 Å². The average molecular weight is 363 g/mol. The predicted octanol–water partition coefficient (Wildman–Crippen LogP) is 4.28. The van der Waals surface area contributed by atoms with Gasteiger partial charge in [-0.3, -0.25) is 9.88 Å². The molecule has 4 atom stereocenters. The van der Waals surface area contributed by atoms with Gasteiger partial charge in [0.15, 0.2) is 0 Å². The number of rotatable bonds is 3. The number of hydrogen-bond acceptors (Lipinski definition) is 3. The molecule has 0 spiro atoms. The average Bonchev–Trinajstić information content (AvgIpc) is 2.69. The maximum atomic E-state index is 9.76. The highest BCUT2D eigenvalue weighted by molar-refractivity contribution is 5.38. The second-order valence-corrected chi connectivity index (χ2v) is 9.09. The van der Waals surface area contributed by atoms with Crippen LogP contribution in [-0.4, -0.2) is 21.5 Å². The lowest BCUT2D eigenvalue weighted by atomic mass is 9.53. The van der Waals surface area contributed by atoms with E-state index in [2.05, 4.69) is 48.2 Å². The Hall–Kier alpha value is -1.71. The summed E-state index contributed by atoms with van der Waals surface area (Å²) >= 11 is 0. The number of nitrogens with zero attached hydrogens (tertiary/aromatic N) is 2. The van der Waals surface area contributed by atoms with Crippen LogP contribution >= 0.6 is 0 Å². The number of fused-ring (bicyclic) bond motifs is 1. The van der Waals surface area contributed by atoms with Gasteiger partial charge in [0.2, 0.25) is 0 Å². The predicted molar refractivity (Wildman–Crippen MR) is 107 cm³/mol. The van der Waals surface area contributed by atoms with Gasteiger partial charge in [0.05, 0.1) is 12.1 Å². The van der Waals surface area contributed by atoms with E-state index in [9.17, 15) is 5.11 Å². The molecular weight excluding hydrogens is 332 g/mol. The summed E-state index contributed by atoms with van der Waals surface area (Å²) in [5, 5.41) is 9.76. The highest BCUT2D eigenvalue weighted by Gasteiger charge is 2.57. The molecule has 1 saturated heterocycles. The standard InChI is InChI=1S/C24H30N2O/c1-17-10-20-12-23-22(11-19(16-27)14-25-23)24(13-17)21(20)8-5-9-26(24)15-18-6-3-2-4-7-18/h2-4,6-7,11,14,17,20-21,27H,5,8-10,12-13,15-16H2,1H3/t17-,20+,21-,24-/m1/s1. The SMILES string of the molecule is C[C@@H]1C[C@H]2Cc3ncc(CO)cc3[C@@]3(C1)[C@@H]2CCCN3Cc1ccccc1. The highest BCUT2D eigenvalue weighted by Crippen LogP contribution is 2.59. The summed E-state index contributed by atoms with van der Waals surface area (Å²) in [6.45, 7) is 4.69. The first-order chi connectivity index (χ1) is 13.2. The van der Waals surface area contributed by atoms with Crippen LogP contribution in [0.4, 0.5) is 0 Å². The van der Waals surface area contributed by atoms with Crippen molar-refractivity contribution < 1.29 is 5.11 Å². The van der Waals surface area contributed by atoms with Gasteiger partial charge in [-0.05, 0) is 79.2 Å². The van der Waals surface area contributed by atoms with Gasteiger partial charge in [0, 0.05) is 18.4 Å². The molecule has 0 unspecified atom stereocenters. The van der Waals surface area contributed by atoms with Crippen LogP contribution in [0.3, 0.4) is 0 Å².